The van der Waals surface area contributed by atoms with Crippen LogP contribution in [0.5, 0.6) is 0 Å². The molecule has 0 amide bonds. The van der Waals surface area contributed by atoms with Crippen molar-refractivity contribution in [1.82, 2.24) is 9.38 Å². The second-order valence-electron chi connectivity index (χ2n) is 5.05. The lowest BCUT2D eigenvalue weighted by Gasteiger charge is -2.32. The van der Waals surface area contributed by atoms with E-state index in [2.05, 4.69) is 9.88 Å². The second-order valence-corrected chi connectivity index (χ2v) is 5.93. The van der Waals surface area contributed by atoms with Gasteiger partial charge >= 0.3 is 5.97 Å². The Hall–Kier alpha value is -1.60. The smallest absolute Gasteiger partial charge is 0.356 e. The maximum atomic E-state index is 11.5. The minimum atomic E-state index is -0.931. The number of rotatable bonds is 4. The van der Waals surface area contributed by atoms with Gasteiger partial charge in [0.05, 0.1) is 6.61 Å². The molecule has 0 aliphatic carbocycles. The van der Waals surface area contributed by atoms with Crippen molar-refractivity contribution in [2.75, 3.05) is 31.7 Å². The van der Waals surface area contributed by atoms with Crippen molar-refractivity contribution in [3.63, 3.8) is 0 Å². The van der Waals surface area contributed by atoms with Gasteiger partial charge in [0.25, 0.3) is 0 Å². The molecule has 2 aromatic rings. The van der Waals surface area contributed by atoms with Gasteiger partial charge in [-0.2, -0.15) is 0 Å². The van der Waals surface area contributed by atoms with E-state index < -0.39 is 5.97 Å². The number of carboxylic acid groups (broad SMARTS) is 1. The molecule has 1 fully saturated rings. The predicted molar refractivity (Wildman–Crippen MR) is 76.8 cm³/mol. The first-order valence-corrected chi connectivity index (χ1v) is 7.51. The van der Waals surface area contributed by atoms with Crippen molar-refractivity contribution in [3.8, 4) is 0 Å². The molecule has 6 nitrogen and oxygen atoms in total. The van der Waals surface area contributed by atoms with Crippen LogP contribution in [0.4, 0.5) is 5.82 Å². The number of aromatic carboxylic acids is 1. The molecule has 1 unspecified atom stereocenters. The number of nitrogens with zero attached hydrogens (tertiary/aromatic N) is 3. The Bertz CT molecular complexity index is 619. The van der Waals surface area contributed by atoms with Gasteiger partial charge in [0, 0.05) is 31.8 Å². The SMILES string of the molecule is COCC1CCCN(c2nc3sccn3c2C(=O)O)C1. The number of hydrogen-bond donors (Lipinski definition) is 1. The molecule has 1 atom stereocenters. The van der Waals surface area contributed by atoms with Gasteiger partial charge in [0.2, 0.25) is 0 Å². The largest absolute Gasteiger partial charge is 0.476 e. The highest BCUT2D eigenvalue weighted by Crippen LogP contribution is 2.28. The highest BCUT2D eigenvalue weighted by molar-refractivity contribution is 7.15. The van der Waals surface area contributed by atoms with E-state index in [1.54, 1.807) is 17.7 Å². The molecule has 0 aromatic carbocycles. The molecule has 1 aliphatic heterocycles. The van der Waals surface area contributed by atoms with Crippen molar-refractivity contribution >= 4 is 28.1 Å². The summed E-state index contributed by atoms with van der Waals surface area (Å²) in [6, 6.07) is 0. The third kappa shape index (κ3) is 2.27. The van der Waals surface area contributed by atoms with Gasteiger partial charge in [-0.05, 0) is 18.8 Å². The lowest BCUT2D eigenvalue weighted by Crippen LogP contribution is -2.38. The molecule has 1 N–H and O–H groups in total. The Morgan fingerprint density at radius 3 is 3.25 bits per heavy atom. The lowest BCUT2D eigenvalue weighted by molar-refractivity contribution is 0.0690. The van der Waals surface area contributed by atoms with Crippen LogP contribution >= 0.6 is 11.3 Å². The summed E-state index contributed by atoms with van der Waals surface area (Å²) in [7, 11) is 1.70. The average Bonchev–Trinajstić information content (AvgIpc) is 2.98. The first kappa shape index (κ1) is 13.4. The van der Waals surface area contributed by atoms with E-state index in [9.17, 15) is 9.90 Å². The zero-order chi connectivity index (χ0) is 14.1. The summed E-state index contributed by atoms with van der Waals surface area (Å²) in [6.45, 7) is 2.37. The topological polar surface area (TPSA) is 67.1 Å². The number of carboxylic acids is 1. The van der Waals surface area contributed by atoms with Crippen LogP contribution in [-0.4, -0.2) is 47.3 Å². The zero-order valence-corrected chi connectivity index (χ0v) is 12.1. The number of imidazole rings is 1. The number of hydrogen-bond acceptors (Lipinski definition) is 5. The molecule has 3 heterocycles. The van der Waals surface area contributed by atoms with Crippen LogP contribution in [0.2, 0.25) is 0 Å². The van der Waals surface area contributed by atoms with E-state index in [0.717, 1.165) is 30.9 Å². The third-order valence-corrected chi connectivity index (χ3v) is 4.42. The van der Waals surface area contributed by atoms with Crippen LogP contribution < -0.4 is 4.90 Å². The first-order chi connectivity index (χ1) is 9.70. The van der Waals surface area contributed by atoms with Crippen LogP contribution in [0.1, 0.15) is 23.3 Å². The molecule has 3 rings (SSSR count). The van der Waals surface area contributed by atoms with Crippen molar-refractivity contribution in [1.29, 1.82) is 0 Å². The number of carbonyl (C=O) groups is 1. The van der Waals surface area contributed by atoms with Crippen molar-refractivity contribution in [2.45, 2.75) is 12.8 Å². The molecule has 7 heteroatoms. The number of fused-ring (bicyclic) bond motifs is 1. The van der Waals surface area contributed by atoms with Crippen molar-refractivity contribution < 1.29 is 14.6 Å². The van der Waals surface area contributed by atoms with Crippen LogP contribution in [0.3, 0.4) is 0 Å². The van der Waals surface area contributed by atoms with E-state index >= 15 is 0 Å². The number of aromatic nitrogens is 2. The number of piperidine rings is 1. The highest BCUT2D eigenvalue weighted by Gasteiger charge is 2.28. The molecule has 20 heavy (non-hydrogen) atoms. The summed E-state index contributed by atoms with van der Waals surface area (Å²) >= 11 is 1.45. The number of anilines is 1. The monoisotopic (exact) mass is 295 g/mol. The van der Waals surface area contributed by atoms with Gasteiger partial charge < -0.3 is 14.7 Å². The minimum Gasteiger partial charge on any atom is -0.476 e. The Kier molecular flexibility index (Phi) is 3.62. The van der Waals surface area contributed by atoms with Gasteiger partial charge in [-0.25, -0.2) is 9.78 Å². The number of ether oxygens (including phenoxy) is 1. The Balaban J connectivity index is 1.94. The Labute approximate surface area is 120 Å². The molecule has 1 aliphatic rings. The van der Waals surface area contributed by atoms with Crippen LogP contribution in [0.15, 0.2) is 11.6 Å². The Morgan fingerprint density at radius 2 is 2.50 bits per heavy atom. The second kappa shape index (κ2) is 5.41. The molecular formula is C13H17N3O3S. The maximum Gasteiger partial charge on any atom is 0.356 e. The Morgan fingerprint density at radius 1 is 1.65 bits per heavy atom. The fourth-order valence-electron chi connectivity index (χ4n) is 2.82. The molecular weight excluding hydrogens is 278 g/mol. The van der Waals surface area contributed by atoms with Gasteiger partial charge in [-0.3, -0.25) is 4.40 Å². The van der Waals surface area contributed by atoms with Crippen LogP contribution in [0.25, 0.3) is 4.96 Å². The number of methoxy groups -OCH3 is 1. The fourth-order valence-corrected chi connectivity index (χ4v) is 3.53. The summed E-state index contributed by atoms with van der Waals surface area (Å²) in [4.78, 5) is 18.8. The fraction of sp³-hybridized carbons (Fsp3) is 0.538. The van der Waals surface area contributed by atoms with Crippen molar-refractivity contribution in [3.05, 3.63) is 17.3 Å². The molecule has 2 aromatic heterocycles. The zero-order valence-electron chi connectivity index (χ0n) is 11.3. The van der Waals surface area contributed by atoms with Gasteiger partial charge in [0.15, 0.2) is 16.5 Å². The number of thiazole rings is 1. The summed E-state index contributed by atoms with van der Waals surface area (Å²) in [6.07, 6.45) is 3.92. The van der Waals surface area contributed by atoms with Crippen molar-refractivity contribution in [2.24, 2.45) is 5.92 Å². The first-order valence-electron chi connectivity index (χ1n) is 6.63. The molecule has 0 spiro atoms. The maximum absolute atomic E-state index is 11.5. The van der Waals surface area contributed by atoms with Crippen LogP contribution in [0, 0.1) is 5.92 Å². The third-order valence-electron chi connectivity index (χ3n) is 3.67. The summed E-state index contributed by atoms with van der Waals surface area (Å²) < 4.78 is 6.88. The normalized spacial score (nSPS) is 19.6. The van der Waals surface area contributed by atoms with E-state index in [1.165, 1.54) is 11.3 Å². The summed E-state index contributed by atoms with van der Waals surface area (Å²) in [5.41, 5.74) is 0.263. The van der Waals surface area contributed by atoms with Gasteiger partial charge in [0.1, 0.15) is 0 Å². The quantitative estimate of drug-likeness (QED) is 0.934. The van der Waals surface area contributed by atoms with Gasteiger partial charge in [-0.15, -0.1) is 11.3 Å². The predicted octanol–water partition coefficient (Wildman–Crippen LogP) is 1.96. The van der Waals surface area contributed by atoms with Gasteiger partial charge in [-0.1, -0.05) is 0 Å². The average molecular weight is 295 g/mol. The lowest BCUT2D eigenvalue weighted by atomic mass is 9.99. The van der Waals surface area contributed by atoms with E-state index in [1.807, 2.05) is 5.38 Å². The van der Waals surface area contributed by atoms with E-state index in [-0.39, 0.29) is 5.69 Å². The minimum absolute atomic E-state index is 0.263. The standard InChI is InChI=1S/C13H17N3O3S/c1-19-8-9-3-2-4-15(7-9)11-10(12(17)18)16-5-6-20-13(16)14-11/h5-6,9H,2-4,7-8H2,1H3,(H,17,18). The molecule has 0 saturated carbocycles. The van der Waals surface area contributed by atoms with Crippen LogP contribution in [-0.2, 0) is 4.74 Å². The van der Waals surface area contributed by atoms with E-state index in [0.29, 0.717) is 18.3 Å². The molecule has 108 valence electrons. The molecule has 1 saturated heterocycles. The molecule has 0 bridgehead atoms. The highest BCUT2D eigenvalue weighted by atomic mass is 32.1. The summed E-state index contributed by atoms with van der Waals surface area (Å²) in [5.74, 6) is 0.0973. The van der Waals surface area contributed by atoms with E-state index in [4.69, 9.17) is 4.74 Å². The summed E-state index contributed by atoms with van der Waals surface area (Å²) in [5, 5.41) is 11.3. The molecule has 0 radical (unpaired) electrons.